The quantitative estimate of drug-likeness (QED) is 0.903. The van der Waals surface area contributed by atoms with Gasteiger partial charge in [0.25, 0.3) is 0 Å². The highest BCUT2D eigenvalue weighted by atomic mass is 16.6. The second-order valence-electron chi connectivity index (χ2n) is 6.47. The Morgan fingerprint density at radius 3 is 3.00 bits per heavy atom. The minimum Gasteiger partial charge on any atom is -0.377 e. The lowest BCUT2D eigenvalue weighted by Gasteiger charge is -2.28. The van der Waals surface area contributed by atoms with E-state index in [0.29, 0.717) is 6.54 Å². The first-order valence-electron chi connectivity index (χ1n) is 8.44. The summed E-state index contributed by atoms with van der Waals surface area (Å²) < 4.78 is 11.6. The minimum absolute atomic E-state index is 0.0239. The highest BCUT2D eigenvalue weighted by Gasteiger charge is 2.50. The third-order valence-corrected chi connectivity index (χ3v) is 4.96. The van der Waals surface area contributed by atoms with Crippen LogP contribution in [0.15, 0.2) is 24.3 Å². The second kappa shape index (κ2) is 6.99. The number of rotatable bonds is 5. The van der Waals surface area contributed by atoms with E-state index < -0.39 is 0 Å². The lowest BCUT2D eigenvalue weighted by Crippen LogP contribution is -2.42. The number of hydrogen-bond acceptors (Lipinski definition) is 4. The number of nitrogens with zero attached hydrogens (tertiary/aromatic N) is 1. The molecule has 0 radical (unpaired) electrons. The fraction of sp³-hybridized carbons (Fsp3) is 0.611. The van der Waals surface area contributed by atoms with Crippen LogP contribution in [0.3, 0.4) is 0 Å². The SMILES string of the molecule is CCc1ccccc1NC(=O)CN1C[C@@H](OC)[C@@]2(CCCO2)C1. The van der Waals surface area contributed by atoms with Gasteiger partial charge in [-0.2, -0.15) is 0 Å². The zero-order chi connectivity index (χ0) is 16.3. The zero-order valence-electron chi connectivity index (χ0n) is 14.0. The number of nitrogens with one attached hydrogen (secondary N) is 1. The van der Waals surface area contributed by atoms with E-state index in [4.69, 9.17) is 9.47 Å². The Bertz CT molecular complexity index is 555. The van der Waals surface area contributed by atoms with Crippen molar-refractivity contribution >= 4 is 11.6 Å². The molecule has 0 aliphatic carbocycles. The Kier molecular flexibility index (Phi) is 4.99. The number of benzene rings is 1. The van der Waals surface area contributed by atoms with Crippen molar-refractivity contribution in [3.63, 3.8) is 0 Å². The highest BCUT2D eigenvalue weighted by Crippen LogP contribution is 2.36. The zero-order valence-corrected chi connectivity index (χ0v) is 14.0. The highest BCUT2D eigenvalue weighted by molar-refractivity contribution is 5.93. The molecule has 1 aromatic rings. The maximum Gasteiger partial charge on any atom is 0.238 e. The van der Waals surface area contributed by atoms with Gasteiger partial charge in [-0.15, -0.1) is 0 Å². The first-order chi connectivity index (χ1) is 11.2. The summed E-state index contributed by atoms with van der Waals surface area (Å²) in [7, 11) is 1.73. The molecule has 2 saturated heterocycles. The molecule has 23 heavy (non-hydrogen) atoms. The van der Waals surface area contributed by atoms with Crippen molar-refractivity contribution in [1.82, 2.24) is 4.90 Å². The van der Waals surface area contributed by atoms with Crippen LogP contribution in [-0.4, -0.2) is 55.9 Å². The van der Waals surface area contributed by atoms with E-state index in [1.165, 1.54) is 0 Å². The maximum absolute atomic E-state index is 12.4. The van der Waals surface area contributed by atoms with Gasteiger partial charge in [0.05, 0.1) is 12.6 Å². The Labute approximate surface area is 137 Å². The molecule has 2 aliphatic heterocycles. The van der Waals surface area contributed by atoms with Crippen LogP contribution in [0.2, 0.25) is 0 Å². The van der Waals surface area contributed by atoms with Crippen molar-refractivity contribution in [3.05, 3.63) is 29.8 Å². The van der Waals surface area contributed by atoms with Gasteiger partial charge in [-0.05, 0) is 30.9 Å². The van der Waals surface area contributed by atoms with E-state index in [-0.39, 0.29) is 17.6 Å². The predicted octanol–water partition coefficient (Wildman–Crippen LogP) is 2.07. The first-order valence-corrected chi connectivity index (χ1v) is 8.44. The van der Waals surface area contributed by atoms with Crippen molar-refractivity contribution in [2.24, 2.45) is 0 Å². The number of hydrogen-bond donors (Lipinski definition) is 1. The third kappa shape index (κ3) is 3.42. The van der Waals surface area contributed by atoms with Crippen LogP contribution < -0.4 is 5.32 Å². The molecule has 0 aromatic heterocycles. The van der Waals surface area contributed by atoms with Gasteiger partial charge in [-0.3, -0.25) is 9.69 Å². The topological polar surface area (TPSA) is 50.8 Å². The van der Waals surface area contributed by atoms with Crippen LogP contribution in [0, 0.1) is 0 Å². The maximum atomic E-state index is 12.4. The molecular weight excluding hydrogens is 292 g/mol. The number of anilines is 1. The van der Waals surface area contributed by atoms with Gasteiger partial charge < -0.3 is 14.8 Å². The number of ether oxygens (including phenoxy) is 2. The molecule has 126 valence electrons. The van der Waals surface area contributed by atoms with Crippen molar-refractivity contribution in [2.45, 2.75) is 37.9 Å². The summed E-state index contributed by atoms with van der Waals surface area (Å²) in [5.41, 5.74) is 1.86. The summed E-state index contributed by atoms with van der Waals surface area (Å²) in [6.07, 6.45) is 3.05. The molecule has 2 atom stereocenters. The van der Waals surface area contributed by atoms with E-state index in [0.717, 1.165) is 50.2 Å². The lowest BCUT2D eigenvalue weighted by molar-refractivity contribution is -0.117. The number of methoxy groups -OCH3 is 1. The summed E-state index contributed by atoms with van der Waals surface area (Å²) >= 11 is 0. The van der Waals surface area contributed by atoms with E-state index in [2.05, 4.69) is 17.1 Å². The fourth-order valence-corrected chi connectivity index (χ4v) is 3.80. The summed E-state index contributed by atoms with van der Waals surface area (Å²) in [5, 5.41) is 3.04. The molecule has 2 aliphatic rings. The Hall–Kier alpha value is -1.43. The van der Waals surface area contributed by atoms with Gasteiger partial charge in [0.15, 0.2) is 0 Å². The number of carbonyl (C=O) groups excluding carboxylic acids is 1. The van der Waals surface area contributed by atoms with Crippen molar-refractivity contribution in [2.75, 3.05) is 38.7 Å². The van der Waals surface area contributed by atoms with Gasteiger partial charge >= 0.3 is 0 Å². The van der Waals surface area contributed by atoms with Crippen LogP contribution in [0.5, 0.6) is 0 Å². The number of carbonyl (C=O) groups is 1. The molecule has 1 aromatic carbocycles. The summed E-state index contributed by atoms with van der Waals surface area (Å²) in [4.78, 5) is 14.5. The number of likely N-dealkylation sites (tertiary alicyclic amines) is 1. The molecule has 0 bridgehead atoms. The van der Waals surface area contributed by atoms with Crippen molar-refractivity contribution in [3.8, 4) is 0 Å². The largest absolute Gasteiger partial charge is 0.377 e. The van der Waals surface area contributed by atoms with Gasteiger partial charge in [0.2, 0.25) is 5.91 Å². The molecule has 2 fully saturated rings. The molecule has 5 nitrogen and oxygen atoms in total. The number of para-hydroxylation sites is 1. The average Bonchev–Trinajstić information content (AvgIpc) is 3.15. The molecule has 0 saturated carbocycles. The first kappa shape index (κ1) is 16.4. The monoisotopic (exact) mass is 318 g/mol. The molecule has 1 amide bonds. The molecule has 1 spiro atoms. The minimum atomic E-state index is -0.212. The molecule has 3 rings (SSSR count). The van der Waals surface area contributed by atoms with Crippen LogP contribution in [0.1, 0.15) is 25.3 Å². The molecule has 2 heterocycles. The fourth-order valence-electron chi connectivity index (χ4n) is 3.80. The van der Waals surface area contributed by atoms with Crippen LogP contribution in [-0.2, 0) is 20.7 Å². The molecule has 5 heteroatoms. The van der Waals surface area contributed by atoms with Crippen LogP contribution in [0.4, 0.5) is 5.69 Å². The Balaban J connectivity index is 1.60. The van der Waals surface area contributed by atoms with Gasteiger partial charge in [-0.25, -0.2) is 0 Å². The summed E-state index contributed by atoms with van der Waals surface area (Å²) in [6, 6.07) is 7.96. The van der Waals surface area contributed by atoms with Gasteiger partial charge in [0, 0.05) is 32.5 Å². The van der Waals surface area contributed by atoms with E-state index in [9.17, 15) is 4.79 Å². The second-order valence-corrected chi connectivity index (χ2v) is 6.47. The van der Waals surface area contributed by atoms with Gasteiger partial charge in [-0.1, -0.05) is 25.1 Å². The Morgan fingerprint density at radius 1 is 1.48 bits per heavy atom. The van der Waals surface area contributed by atoms with Crippen LogP contribution >= 0.6 is 0 Å². The van der Waals surface area contributed by atoms with Crippen molar-refractivity contribution < 1.29 is 14.3 Å². The molecule has 0 unspecified atom stereocenters. The van der Waals surface area contributed by atoms with E-state index in [1.54, 1.807) is 7.11 Å². The third-order valence-electron chi connectivity index (χ3n) is 4.96. The number of amides is 1. The smallest absolute Gasteiger partial charge is 0.238 e. The average molecular weight is 318 g/mol. The standard InChI is InChI=1S/C18H26N2O3/c1-3-14-7-4-5-8-15(14)19-17(21)12-20-11-16(22-2)18(13-20)9-6-10-23-18/h4-5,7-8,16H,3,6,9-13H2,1-2H3,(H,19,21)/t16-,18-/m1/s1. The summed E-state index contributed by atoms with van der Waals surface area (Å²) in [5.74, 6) is 0.0239. The normalized spacial score (nSPS) is 27.7. The van der Waals surface area contributed by atoms with E-state index in [1.807, 2.05) is 24.3 Å². The molecular formula is C18H26N2O3. The van der Waals surface area contributed by atoms with Crippen LogP contribution in [0.25, 0.3) is 0 Å². The van der Waals surface area contributed by atoms with E-state index >= 15 is 0 Å². The molecule has 1 N–H and O–H groups in total. The van der Waals surface area contributed by atoms with Crippen molar-refractivity contribution in [1.29, 1.82) is 0 Å². The predicted molar refractivity (Wildman–Crippen MR) is 89.6 cm³/mol. The number of aryl methyl sites for hydroxylation is 1. The Morgan fingerprint density at radius 2 is 2.30 bits per heavy atom. The summed E-state index contributed by atoms with van der Waals surface area (Å²) in [6.45, 7) is 4.79. The lowest BCUT2D eigenvalue weighted by atomic mass is 9.97. The van der Waals surface area contributed by atoms with Gasteiger partial charge in [0.1, 0.15) is 5.60 Å².